The molecule has 21 heavy (non-hydrogen) atoms. The molecule has 2 aliphatic rings. The summed E-state index contributed by atoms with van der Waals surface area (Å²) in [6, 6.07) is 0. The Balaban J connectivity index is 2.06. The molecule has 2 fully saturated rings. The lowest BCUT2D eigenvalue weighted by atomic mass is 9.93. The second kappa shape index (κ2) is 6.62. The molecule has 3 atom stereocenters. The highest BCUT2D eigenvalue weighted by Crippen LogP contribution is 2.35. The number of esters is 1. The van der Waals surface area contributed by atoms with Crippen LogP contribution in [0.1, 0.15) is 39.0 Å². The number of methoxy groups -OCH3 is 1. The molecule has 0 bridgehead atoms. The molecule has 1 N–H and O–H groups in total. The number of nitrogens with zero attached hydrogens (tertiary/aromatic N) is 1. The van der Waals surface area contributed by atoms with Crippen molar-refractivity contribution in [1.82, 2.24) is 4.31 Å². The SMILES string of the molecule is COC(=O)C1CCCC1S(=O)(=O)N1CCC(C(C)O)CC1. The van der Waals surface area contributed by atoms with Crippen molar-refractivity contribution in [3.8, 4) is 0 Å². The zero-order valence-corrected chi connectivity index (χ0v) is 13.5. The summed E-state index contributed by atoms with van der Waals surface area (Å²) in [6.07, 6.45) is 2.80. The lowest BCUT2D eigenvalue weighted by molar-refractivity contribution is -0.145. The van der Waals surface area contributed by atoms with Crippen LogP contribution in [-0.4, -0.2) is 55.4 Å². The monoisotopic (exact) mass is 319 g/mol. The number of hydrogen-bond acceptors (Lipinski definition) is 5. The molecule has 0 radical (unpaired) electrons. The topological polar surface area (TPSA) is 83.9 Å². The van der Waals surface area contributed by atoms with Crippen molar-refractivity contribution in [3.05, 3.63) is 0 Å². The van der Waals surface area contributed by atoms with Gasteiger partial charge in [-0.1, -0.05) is 6.42 Å². The van der Waals surface area contributed by atoms with Crippen LogP contribution in [-0.2, 0) is 19.6 Å². The molecule has 3 unspecified atom stereocenters. The number of carbonyl (C=O) groups excluding carboxylic acids is 1. The molecule has 0 spiro atoms. The fourth-order valence-corrected chi connectivity index (χ4v) is 5.74. The number of rotatable bonds is 4. The number of sulfonamides is 1. The molecular formula is C14H25NO5S. The number of aliphatic hydroxyl groups excluding tert-OH is 1. The van der Waals surface area contributed by atoms with Gasteiger partial charge in [-0.15, -0.1) is 0 Å². The van der Waals surface area contributed by atoms with Crippen LogP contribution in [0.2, 0.25) is 0 Å². The zero-order valence-electron chi connectivity index (χ0n) is 12.7. The van der Waals surface area contributed by atoms with Gasteiger partial charge in [-0.25, -0.2) is 12.7 Å². The Morgan fingerprint density at radius 2 is 1.86 bits per heavy atom. The van der Waals surface area contributed by atoms with Crippen molar-refractivity contribution >= 4 is 16.0 Å². The summed E-state index contributed by atoms with van der Waals surface area (Å²) in [5.41, 5.74) is 0. The van der Waals surface area contributed by atoms with Gasteiger partial charge in [0.25, 0.3) is 0 Å². The van der Waals surface area contributed by atoms with Gasteiger partial charge < -0.3 is 9.84 Å². The minimum absolute atomic E-state index is 0.163. The second-order valence-electron chi connectivity index (χ2n) is 6.12. The van der Waals surface area contributed by atoms with Gasteiger partial charge in [-0.3, -0.25) is 4.79 Å². The second-order valence-corrected chi connectivity index (χ2v) is 8.27. The van der Waals surface area contributed by atoms with E-state index in [0.717, 1.165) is 6.42 Å². The minimum atomic E-state index is -3.46. The van der Waals surface area contributed by atoms with Gasteiger partial charge >= 0.3 is 5.97 Å². The van der Waals surface area contributed by atoms with Crippen molar-refractivity contribution < 1.29 is 23.1 Å². The Morgan fingerprint density at radius 1 is 1.24 bits per heavy atom. The molecule has 1 aliphatic carbocycles. The third-order valence-corrected chi connectivity index (χ3v) is 7.29. The van der Waals surface area contributed by atoms with Crippen LogP contribution < -0.4 is 0 Å². The Hall–Kier alpha value is -0.660. The highest BCUT2D eigenvalue weighted by atomic mass is 32.2. The van der Waals surface area contributed by atoms with E-state index in [-0.39, 0.29) is 5.92 Å². The maximum atomic E-state index is 12.8. The molecule has 0 amide bonds. The van der Waals surface area contributed by atoms with E-state index in [1.807, 2.05) is 0 Å². The van der Waals surface area contributed by atoms with Crippen LogP contribution in [0, 0.1) is 11.8 Å². The van der Waals surface area contributed by atoms with Gasteiger partial charge in [0.1, 0.15) is 0 Å². The summed E-state index contributed by atoms with van der Waals surface area (Å²) in [7, 11) is -2.16. The third-order valence-electron chi connectivity index (χ3n) is 4.88. The Morgan fingerprint density at radius 3 is 2.38 bits per heavy atom. The van der Waals surface area contributed by atoms with Crippen molar-refractivity contribution in [1.29, 1.82) is 0 Å². The summed E-state index contributed by atoms with van der Waals surface area (Å²) >= 11 is 0. The van der Waals surface area contributed by atoms with Crippen LogP contribution in [0.15, 0.2) is 0 Å². The first-order valence-corrected chi connectivity index (χ1v) is 9.13. The highest BCUT2D eigenvalue weighted by Gasteiger charge is 2.45. The maximum absolute atomic E-state index is 12.8. The first-order valence-electron chi connectivity index (χ1n) is 7.62. The number of carbonyl (C=O) groups is 1. The largest absolute Gasteiger partial charge is 0.469 e. The van der Waals surface area contributed by atoms with Gasteiger partial charge in [-0.2, -0.15) is 0 Å². The molecule has 7 heteroatoms. The quantitative estimate of drug-likeness (QED) is 0.773. The zero-order chi connectivity index (χ0) is 15.6. The lowest BCUT2D eigenvalue weighted by Crippen LogP contribution is -2.46. The number of ether oxygens (including phenoxy) is 1. The summed E-state index contributed by atoms with van der Waals surface area (Å²) < 4.78 is 31.7. The summed E-state index contributed by atoms with van der Waals surface area (Å²) in [5.74, 6) is -0.786. The molecule has 0 aromatic rings. The average Bonchev–Trinajstić information content (AvgIpc) is 2.96. The Labute approximate surface area is 126 Å². The predicted octanol–water partition coefficient (Wildman–Crippen LogP) is 0.751. The van der Waals surface area contributed by atoms with Crippen LogP contribution in [0.25, 0.3) is 0 Å². The molecule has 1 saturated heterocycles. The smallest absolute Gasteiger partial charge is 0.310 e. The van der Waals surface area contributed by atoms with E-state index in [1.165, 1.54) is 11.4 Å². The lowest BCUT2D eigenvalue weighted by Gasteiger charge is -2.34. The molecule has 1 saturated carbocycles. The van der Waals surface area contributed by atoms with Crippen LogP contribution in [0.5, 0.6) is 0 Å². The first kappa shape index (κ1) is 16.7. The molecule has 0 aromatic heterocycles. The van der Waals surface area contributed by atoms with Gasteiger partial charge in [0.2, 0.25) is 10.0 Å². The molecule has 1 aliphatic heterocycles. The standard InChI is InChI=1S/C14H25NO5S/c1-10(16)11-6-8-15(9-7-11)21(18,19)13-5-3-4-12(13)14(17)20-2/h10-13,16H,3-9H2,1-2H3. The van der Waals surface area contributed by atoms with Gasteiger partial charge in [0, 0.05) is 13.1 Å². The Bertz CT molecular complexity index is 468. The van der Waals surface area contributed by atoms with E-state index in [1.54, 1.807) is 6.92 Å². The van der Waals surface area contributed by atoms with Gasteiger partial charge in [-0.05, 0) is 38.5 Å². The van der Waals surface area contributed by atoms with Crippen LogP contribution in [0.4, 0.5) is 0 Å². The van der Waals surface area contributed by atoms with E-state index in [4.69, 9.17) is 4.74 Å². The van der Waals surface area contributed by atoms with Gasteiger partial charge in [0.05, 0.1) is 24.4 Å². The molecule has 6 nitrogen and oxygen atoms in total. The molecule has 2 rings (SSSR count). The molecule has 1 heterocycles. The number of piperidine rings is 1. The molecule has 122 valence electrons. The predicted molar refractivity (Wildman–Crippen MR) is 78.0 cm³/mol. The maximum Gasteiger partial charge on any atom is 0.310 e. The first-order chi connectivity index (χ1) is 9.87. The Kier molecular flexibility index (Phi) is 5.27. The van der Waals surface area contributed by atoms with E-state index < -0.39 is 33.3 Å². The van der Waals surface area contributed by atoms with Gasteiger partial charge in [0.15, 0.2) is 0 Å². The fraction of sp³-hybridized carbons (Fsp3) is 0.929. The van der Waals surface area contributed by atoms with Crippen LogP contribution >= 0.6 is 0 Å². The van der Waals surface area contributed by atoms with E-state index in [0.29, 0.717) is 38.8 Å². The summed E-state index contributed by atoms with van der Waals surface area (Å²) in [6.45, 7) is 2.61. The number of aliphatic hydroxyl groups is 1. The average molecular weight is 319 g/mol. The third kappa shape index (κ3) is 3.40. The number of hydrogen-bond donors (Lipinski definition) is 1. The minimum Gasteiger partial charge on any atom is -0.469 e. The van der Waals surface area contributed by atoms with Crippen molar-refractivity contribution in [2.45, 2.75) is 50.4 Å². The van der Waals surface area contributed by atoms with Crippen molar-refractivity contribution in [2.24, 2.45) is 11.8 Å². The van der Waals surface area contributed by atoms with E-state index >= 15 is 0 Å². The summed E-state index contributed by atoms with van der Waals surface area (Å²) in [4.78, 5) is 11.8. The summed E-state index contributed by atoms with van der Waals surface area (Å²) in [5, 5.41) is 8.95. The van der Waals surface area contributed by atoms with Crippen molar-refractivity contribution in [2.75, 3.05) is 20.2 Å². The van der Waals surface area contributed by atoms with E-state index in [9.17, 15) is 18.3 Å². The van der Waals surface area contributed by atoms with Crippen LogP contribution in [0.3, 0.4) is 0 Å². The van der Waals surface area contributed by atoms with E-state index in [2.05, 4.69) is 0 Å². The fourth-order valence-electron chi connectivity index (χ4n) is 3.51. The molecule has 0 aromatic carbocycles. The van der Waals surface area contributed by atoms with Crippen molar-refractivity contribution in [3.63, 3.8) is 0 Å². The normalized spacial score (nSPS) is 30.2. The molecular weight excluding hydrogens is 294 g/mol. The highest BCUT2D eigenvalue weighted by molar-refractivity contribution is 7.89.